The summed E-state index contributed by atoms with van der Waals surface area (Å²) in [7, 11) is 0. The molecule has 0 saturated heterocycles. The van der Waals surface area contributed by atoms with Gasteiger partial charge in [0, 0.05) is 0 Å². The minimum absolute atomic E-state index is 0.0737. The summed E-state index contributed by atoms with van der Waals surface area (Å²) < 4.78 is 4.95. The minimum atomic E-state index is -0.769. The summed E-state index contributed by atoms with van der Waals surface area (Å²) in [5.41, 5.74) is 5.18. The molecule has 0 bridgehead atoms. The van der Waals surface area contributed by atoms with Gasteiger partial charge >= 0.3 is 5.97 Å². The van der Waals surface area contributed by atoms with Crippen molar-refractivity contribution in [2.75, 3.05) is 0 Å². The molecular formula is C11H8ClN3O3. The summed E-state index contributed by atoms with van der Waals surface area (Å²) in [5, 5.41) is 0.249. The fourth-order valence-corrected chi connectivity index (χ4v) is 1.52. The van der Waals surface area contributed by atoms with Gasteiger partial charge in [-0.05, 0) is 12.1 Å². The molecule has 1 aromatic carbocycles. The molecule has 0 spiro atoms. The van der Waals surface area contributed by atoms with E-state index in [0.29, 0.717) is 0 Å². The van der Waals surface area contributed by atoms with Crippen LogP contribution in [0.25, 0.3) is 0 Å². The number of rotatable bonds is 3. The van der Waals surface area contributed by atoms with E-state index < -0.39 is 11.9 Å². The van der Waals surface area contributed by atoms with Crippen LogP contribution in [-0.2, 0) is 0 Å². The van der Waals surface area contributed by atoms with Gasteiger partial charge in [-0.1, -0.05) is 23.7 Å². The van der Waals surface area contributed by atoms with Crippen LogP contribution in [0.4, 0.5) is 0 Å². The van der Waals surface area contributed by atoms with Crippen LogP contribution in [0.5, 0.6) is 5.88 Å². The van der Waals surface area contributed by atoms with E-state index in [1.807, 2.05) is 0 Å². The first-order valence-corrected chi connectivity index (χ1v) is 5.27. The highest BCUT2D eigenvalue weighted by Crippen LogP contribution is 2.19. The Bertz CT molecular complexity index is 609. The van der Waals surface area contributed by atoms with Gasteiger partial charge in [0.25, 0.3) is 11.8 Å². The zero-order chi connectivity index (χ0) is 13.1. The third-order valence-corrected chi connectivity index (χ3v) is 2.46. The van der Waals surface area contributed by atoms with E-state index in [2.05, 4.69) is 9.97 Å². The predicted octanol–water partition coefficient (Wildman–Crippen LogP) is 1.38. The minimum Gasteiger partial charge on any atom is -0.401 e. The van der Waals surface area contributed by atoms with Crippen LogP contribution in [0.15, 0.2) is 30.6 Å². The third-order valence-electron chi connectivity index (χ3n) is 2.13. The Morgan fingerprint density at radius 3 is 2.72 bits per heavy atom. The van der Waals surface area contributed by atoms with E-state index in [1.54, 1.807) is 18.2 Å². The second-order valence-electron chi connectivity index (χ2n) is 3.32. The lowest BCUT2D eigenvalue weighted by atomic mass is 10.2. The van der Waals surface area contributed by atoms with Crippen molar-refractivity contribution in [2.45, 2.75) is 0 Å². The van der Waals surface area contributed by atoms with Crippen LogP contribution in [0.2, 0.25) is 5.02 Å². The average Bonchev–Trinajstić information content (AvgIpc) is 2.77. The highest BCUT2D eigenvalue weighted by atomic mass is 35.5. The molecule has 2 aromatic rings. The van der Waals surface area contributed by atoms with Gasteiger partial charge in [0.15, 0.2) is 5.69 Å². The van der Waals surface area contributed by atoms with Crippen LogP contribution in [0.3, 0.4) is 0 Å². The fourth-order valence-electron chi connectivity index (χ4n) is 1.31. The number of esters is 1. The first-order valence-electron chi connectivity index (χ1n) is 4.89. The zero-order valence-electron chi connectivity index (χ0n) is 9.01. The average molecular weight is 266 g/mol. The Morgan fingerprint density at radius 1 is 1.33 bits per heavy atom. The molecule has 0 atom stereocenters. The molecule has 0 fully saturated rings. The summed E-state index contributed by atoms with van der Waals surface area (Å²) in [6, 6.07) is 6.38. The molecule has 2 rings (SSSR count). The van der Waals surface area contributed by atoms with E-state index in [4.69, 9.17) is 22.1 Å². The third kappa shape index (κ3) is 2.33. The van der Waals surface area contributed by atoms with Crippen LogP contribution >= 0.6 is 11.6 Å². The summed E-state index contributed by atoms with van der Waals surface area (Å²) in [4.78, 5) is 29.0. The molecular weight excluding hydrogens is 258 g/mol. The van der Waals surface area contributed by atoms with E-state index in [1.165, 1.54) is 12.4 Å². The number of aromatic amines is 1. The molecule has 7 heteroatoms. The number of hydrogen-bond acceptors (Lipinski definition) is 4. The molecule has 18 heavy (non-hydrogen) atoms. The van der Waals surface area contributed by atoms with Gasteiger partial charge < -0.3 is 15.5 Å². The van der Waals surface area contributed by atoms with Gasteiger partial charge in [0.1, 0.15) is 0 Å². The van der Waals surface area contributed by atoms with Crippen molar-refractivity contribution in [3.05, 3.63) is 46.9 Å². The number of nitrogens with one attached hydrogen (secondary N) is 1. The number of primary amides is 1. The zero-order valence-corrected chi connectivity index (χ0v) is 9.77. The SMILES string of the molecule is NC(=O)c1[nH]cnc1OC(=O)c1ccccc1Cl. The normalized spacial score (nSPS) is 10.1. The first kappa shape index (κ1) is 12.1. The van der Waals surface area contributed by atoms with Crippen molar-refractivity contribution in [1.29, 1.82) is 0 Å². The smallest absolute Gasteiger partial charge is 0.346 e. The van der Waals surface area contributed by atoms with E-state index >= 15 is 0 Å². The number of imidazole rings is 1. The lowest BCUT2D eigenvalue weighted by Crippen LogP contribution is -2.16. The maximum absolute atomic E-state index is 11.8. The van der Waals surface area contributed by atoms with Crippen molar-refractivity contribution in [3.63, 3.8) is 0 Å². The number of ether oxygens (including phenoxy) is 1. The molecule has 0 saturated carbocycles. The van der Waals surface area contributed by atoms with Crippen LogP contribution in [-0.4, -0.2) is 21.8 Å². The highest BCUT2D eigenvalue weighted by Gasteiger charge is 2.18. The van der Waals surface area contributed by atoms with Crippen molar-refractivity contribution in [2.24, 2.45) is 5.73 Å². The molecule has 0 unspecified atom stereocenters. The monoisotopic (exact) mass is 265 g/mol. The molecule has 3 N–H and O–H groups in total. The van der Waals surface area contributed by atoms with Gasteiger partial charge in [-0.15, -0.1) is 0 Å². The highest BCUT2D eigenvalue weighted by molar-refractivity contribution is 6.33. The van der Waals surface area contributed by atoms with E-state index in [-0.39, 0.29) is 22.2 Å². The summed E-state index contributed by atoms with van der Waals surface area (Å²) in [5.74, 6) is -1.66. The van der Waals surface area contributed by atoms with Crippen molar-refractivity contribution in [1.82, 2.24) is 9.97 Å². The van der Waals surface area contributed by atoms with Crippen LogP contribution in [0, 0.1) is 0 Å². The van der Waals surface area contributed by atoms with Gasteiger partial charge in [-0.25, -0.2) is 9.78 Å². The molecule has 1 heterocycles. The fraction of sp³-hybridized carbons (Fsp3) is 0. The van der Waals surface area contributed by atoms with E-state index in [9.17, 15) is 9.59 Å². The maximum atomic E-state index is 11.8. The molecule has 0 aliphatic rings. The summed E-state index contributed by atoms with van der Waals surface area (Å²) in [6.07, 6.45) is 1.20. The number of benzene rings is 1. The number of nitrogens with two attached hydrogens (primary N) is 1. The van der Waals surface area contributed by atoms with Crippen LogP contribution < -0.4 is 10.5 Å². The second kappa shape index (κ2) is 4.89. The molecule has 6 nitrogen and oxygen atoms in total. The predicted molar refractivity (Wildman–Crippen MR) is 63.5 cm³/mol. The second-order valence-corrected chi connectivity index (χ2v) is 3.72. The number of aromatic nitrogens is 2. The molecule has 1 amide bonds. The topological polar surface area (TPSA) is 98.1 Å². The standard InChI is InChI=1S/C11H8ClN3O3/c12-7-4-2-1-3-6(7)11(17)18-10-8(9(13)16)14-5-15-10/h1-5H,(H2,13,16)(H,14,15). The Kier molecular flexibility index (Phi) is 3.29. The first-order chi connectivity index (χ1) is 8.59. The van der Waals surface area contributed by atoms with Gasteiger partial charge in [0.2, 0.25) is 0 Å². The number of halogens is 1. The Balaban J connectivity index is 2.25. The van der Waals surface area contributed by atoms with Gasteiger partial charge in [-0.2, -0.15) is 0 Å². The Hall–Kier alpha value is -2.34. The van der Waals surface area contributed by atoms with Crippen molar-refractivity contribution >= 4 is 23.5 Å². The van der Waals surface area contributed by atoms with Gasteiger partial charge in [-0.3, -0.25) is 4.79 Å². The number of amides is 1. The number of carbonyl (C=O) groups excluding carboxylic acids is 2. The summed E-state index contributed by atoms with van der Waals surface area (Å²) >= 11 is 5.84. The largest absolute Gasteiger partial charge is 0.401 e. The summed E-state index contributed by atoms with van der Waals surface area (Å²) in [6.45, 7) is 0. The lowest BCUT2D eigenvalue weighted by Gasteiger charge is -2.03. The Labute approximate surface area is 107 Å². The van der Waals surface area contributed by atoms with Gasteiger partial charge in [0.05, 0.1) is 16.9 Å². The number of hydrogen-bond donors (Lipinski definition) is 2. The van der Waals surface area contributed by atoms with Crippen molar-refractivity contribution in [3.8, 4) is 5.88 Å². The molecule has 0 aliphatic carbocycles. The molecule has 0 radical (unpaired) electrons. The molecule has 92 valence electrons. The number of H-pyrrole nitrogens is 1. The quantitative estimate of drug-likeness (QED) is 0.819. The van der Waals surface area contributed by atoms with Crippen molar-refractivity contribution < 1.29 is 14.3 Å². The Morgan fingerprint density at radius 2 is 2.06 bits per heavy atom. The number of nitrogens with zero attached hydrogens (tertiary/aromatic N) is 1. The number of carbonyl (C=O) groups is 2. The maximum Gasteiger partial charge on any atom is 0.346 e. The molecule has 1 aromatic heterocycles. The lowest BCUT2D eigenvalue weighted by molar-refractivity contribution is 0.0726. The van der Waals surface area contributed by atoms with Crippen LogP contribution in [0.1, 0.15) is 20.8 Å². The molecule has 0 aliphatic heterocycles. The van der Waals surface area contributed by atoms with E-state index in [0.717, 1.165) is 0 Å².